The maximum absolute atomic E-state index is 13.2. The normalized spacial score (nSPS) is 14.5. The maximum Gasteiger partial charge on any atom is 0.337 e. The van der Waals surface area contributed by atoms with E-state index in [4.69, 9.17) is 16.3 Å². The summed E-state index contributed by atoms with van der Waals surface area (Å²) in [4.78, 5) is 50.7. The van der Waals surface area contributed by atoms with Gasteiger partial charge in [0.05, 0.1) is 27.3 Å². The van der Waals surface area contributed by atoms with Gasteiger partial charge in [0.15, 0.2) is 0 Å². The van der Waals surface area contributed by atoms with Crippen molar-refractivity contribution >= 4 is 79.0 Å². The largest absolute Gasteiger partial charge is 0.487 e. The minimum Gasteiger partial charge on any atom is -0.487 e. The van der Waals surface area contributed by atoms with Crippen LogP contribution in [0.1, 0.15) is 21.5 Å². The molecule has 0 aliphatic carbocycles. The topological polar surface area (TPSA) is 102 Å². The molecule has 1 fully saturated rings. The maximum atomic E-state index is 13.2. The Morgan fingerprint density at radius 3 is 2.32 bits per heavy atom. The van der Waals surface area contributed by atoms with Crippen LogP contribution in [-0.2, 0) is 20.9 Å². The van der Waals surface area contributed by atoms with E-state index in [0.717, 1.165) is 10.5 Å². The van der Waals surface area contributed by atoms with Gasteiger partial charge in [-0.2, -0.15) is 0 Å². The molecule has 0 saturated carbocycles. The summed E-state index contributed by atoms with van der Waals surface area (Å²) in [5, 5.41) is 2.77. The van der Waals surface area contributed by atoms with Gasteiger partial charge in [0.1, 0.15) is 17.9 Å². The molecule has 37 heavy (non-hydrogen) atoms. The molecule has 11 heteroatoms. The number of hydrogen-bond acceptors (Lipinski definition) is 6. The number of esters is 1. The van der Waals surface area contributed by atoms with Crippen LogP contribution in [0.5, 0.6) is 5.75 Å². The van der Waals surface area contributed by atoms with E-state index in [2.05, 4.69) is 41.9 Å². The lowest BCUT2D eigenvalue weighted by molar-refractivity contribution is -0.122. The first kappa shape index (κ1) is 26.6. The Bertz CT molecular complexity index is 1430. The van der Waals surface area contributed by atoms with Gasteiger partial charge in [-0.3, -0.25) is 14.9 Å². The molecule has 0 atom stereocenters. The number of halogens is 3. The Kier molecular flexibility index (Phi) is 8.11. The lowest BCUT2D eigenvalue weighted by Gasteiger charge is -2.26. The highest BCUT2D eigenvalue weighted by Crippen LogP contribution is 2.36. The van der Waals surface area contributed by atoms with Gasteiger partial charge in [-0.1, -0.05) is 23.7 Å². The Morgan fingerprint density at radius 1 is 1.03 bits per heavy atom. The van der Waals surface area contributed by atoms with Gasteiger partial charge < -0.3 is 9.47 Å². The zero-order chi connectivity index (χ0) is 26.7. The van der Waals surface area contributed by atoms with E-state index in [0.29, 0.717) is 25.3 Å². The molecule has 188 valence electrons. The molecule has 0 radical (unpaired) electrons. The van der Waals surface area contributed by atoms with Gasteiger partial charge in [-0.05, 0) is 97.6 Å². The van der Waals surface area contributed by atoms with E-state index >= 15 is 0 Å². The van der Waals surface area contributed by atoms with Crippen LogP contribution in [-0.4, -0.2) is 30.9 Å². The molecule has 4 rings (SSSR count). The smallest absolute Gasteiger partial charge is 0.337 e. The van der Waals surface area contributed by atoms with Crippen molar-refractivity contribution in [1.29, 1.82) is 0 Å². The molecule has 1 heterocycles. The monoisotopic (exact) mass is 646 g/mol. The molecule has 1 aliphatic rings. The van der Waals surface area contributed by atoms with Crippen LogP contribution in [0.4, 0.5) is 10.5 Å². The standard InChI is InChI=1S/C26H17Br2ClN2O6/c1-36-25(34)16-5-7-18(8-6-16)31-24(33)19(23(32)30-26(31)35)10-15-11-20(27)22(21(28)12-15)37-13-14-3-2-4-17(29)9-14/h2-12H,13H2,1H3,(H,30,32,35)/b19-10+. The Balaban J connectivity index is 1.59. The van der Waals surface area contributed by atoms with E-state index < -0.39 is 23.8 Å². The van der Waals surface area contributed by atoms with Crippen molar-refractivity contribution in [2.45, 2.75) is 6.61 Å². The first-order chi connectivity index (χ1) is 17.7. The molecule has 0 unspecified atom stereocenters. The number of benzene rings is 3. The number of urea groups is 1. The SMILES string of the molecule is COC(=O)c1ccc(N2C(=O)NC(=O)/C(=C\c3cc(Br)c(OCc4cccc(Cl)c4)c(Br)c3)C2=O)cc1. The number of hydrogen-bond donors (Lipinski definition) is 1. The lowest BCUT2D eigenvalue weighted by Crippen LogP contribution is -2.54. The summed E-state index contributed by atoms with van der Waals surface area (Å²) >= 11 is 13.0. The van der Waals surface area contributed by atoms with Gasteiger partial charge >= 0.3 is 12.0 Å². The average molecular weight is 649 g/mol. The zero-order valence-electron chi connectivity index (χ0n) is 19.1. The van der Waals surface area contributed by atoms with Crippen molar-refractivity contribution in [2.24, 2.45) is 0 Å². The fourth-order valence-electron chi connectivity index (χ4n) is 3.51. The van der Waals surface area contributed by atoms with Crippen LogP contribution in [0, 0.1) is 0 Å². The minimum absolute atomic E-state index is 0.181. The van der Waals surface area contributed by atoms with Gasteiger partial charge in [-0.15, -0.1) is 0 Å². The summed E-state index contributed by atoms with van der Waals surface area (Å²) in [7, 11) is 1.25. The zero-order valence-corrected chi connectivity index (χ0v) is 23.0. The number of barbiturate groups is 1. The molecule has 0 aromatic heterocycles. The number of anilines is 1. The molecule has 4 amide bonds. The molecular weight excluding hydrogens is 632 g/mol. The predicted molar refractivity (Wildman–Crippen MR) is 144 cm³/mol. The van der Waals surface area contributed by atoms with Crippen LogP contribution < -0.4 is 15.0 Å². The Labute approximate surface area is 233 Å². The van der Waals surface area contributed by atoms with E-state index in [1.807, 2.05) is 12.1 Å². The molecule has 3 aromatic rings. The van der Waals surface area contributed by atoms with Gasteiger partial charge in [0.25, 0.3) is 11.8 Å². The van der Waals surface area contributed by atoms with Crippen LogP contribution in [0.2, 0.25) is 5.02 Å². The van der Waals surface area contributed by atoms with Gasteiger partial charge in [0, 0.05) is 5.02 Å². The lowest BCUT2D eigenvalue weighted by atomic mass is 10.1. The molecule has 1 aliphatic heterocycles. The number of amides is 4. The average Bonchev–Trinajstić information content (AvgIpc) is 2.86. The number of nitrogens with one attached hydrogen (secondary N) is 1. The fourth-order valence-corrected chi connectivity index (χ4v) is 5.17. The first-order valence-corrected chi connectivity index (χ1v) is 12.6. The van der Waals surface area contributed by atoms with E-state index in [9.17, 15) is 19.2 Å². The summed E-state index contributed by atoms with van der Waals surface area (Å²) in [6.07, 6.45) is 1.37. The fraction of sp³-hybridized carbons (Fsp3) is 0.0769. The first-order valence-electron chi connectivity index (χ1n) is 10.6. The second-order valence-electron chi connectivity index (χ2n) is 7.73. The summed E-state index contributed by atoms with van der Waals surface area (Å²) in [6, 6.07) is 15.4. The highest BCUT2D eigenvalue weighted by molar-refractivity contribution is 9.11. The van der Waals surface area contributed by atoms with Gasteiger partial charge in [-0.25, -0.2) is 14.5 Å². The van der Waals surface area contributed by atoms with Crippen LogP contribution in [0.3, 0.4) is 0 Å². The second kappa shape index (κ2) is 11.3. The quantitative estimate of drug-likeness (QED) is 0.203. The Morgan fingerprint density at radius 2 is 1.70 bits per heavy atom. The molecule has 0 spiro atoms. The Hall–Kier alpha value is -3.47. The molecule has 8 nitrogen and oxygen atoms in total. The van der Waals surface area contributed by atoms with Crippen LogP contribution in [0.15, 0.2) is 75.2 Å². The van der Waals surface area contributed by atoms with Crippen molar-refractivity contribution in [3.63, 3.8) is 0 Å². The second-order valence-corrected chi connectivity index (χ2v) is 9.87. The third kappa shape index (κ3) is 5.93. The van der Waals surface area contributed by atoms with Gasteiger partial charge in [0.2, 0.25) is 0 Å². The molecule has 0 bridgehead atoms. The molecular formula is C26H17Br2ClN2O6. The third-order valence-corrected chi connectivity index (χ3v) is 6.67. The number of imide groups is 2. The number of carbonyl (C=O) groups excluding carboxylic acids is 4. The van der Waals surface area contributed by atoms with E-state index in [1.54, 1.807) is 24.3 Å². The van der Waals surface area contributed by atoms with Crippen molar-refractivity contribution < 1.29 is 28.7 Å². The van der Waals surface area contributed by atoms with Crippen molar-refractivity contribution in [3.8, 4) is 5.75 Å². The summed E-state index contributed by atoms with van der Waals surface area (Å²) in [5.41, 5.74) is 1.56. The van der Waals surface area contributed by atoms with Crippen LogP contribution >= 0.6 is 43.5 Å². The number of nitrogens with zero attached hydrogens (tertiary/aromatic N) is 1. The van der Waals surface area contributed by atoms with Crippen molar-refractivity contribution in [1.82, 2.24) is 5.32 Å². The highest BCUT2D eigenvalue weighted by Gasteiger charge is 2.37. The summed E-state index contributed by atoms with van der Waals surface area (Å²) in [5.74, 6) is -1.68. The molecule has 1 saturated heterocycles. The van der Waals surface area contributed by atoms with E-state index in [-0.39, 0.29) is 23.4 Å². The summed E-state index contributed by atoms with van der Waals surface area (Å²) < 4.78 is 11.7. The van der Waals surface area contributed by atoms with Crippen molar-refractivity contribution in [2.75, 3.05) is 12.0 Å². The minimum atomic E-state index is -0.898. The highest BCUT2D eigenvalue weighted by atomic mass is 79.9. The number of rotatable bonds is 6. The van der Waals surface area contributed by atoms with Crippen molar-refractivity contribution in [3.05, 3.63) is 96.9 Å². The summed E-state index contributed by atoms with van der Waals surface area (Å²) in [6.45, 7) is 0.269. The molecule has 3 aromatic carbocycles. The number of ether oxygens (including phenoxy) is 2. The van der Waals surface area contributed by atoms with E-state index in [1.165, 1.54) is 37.5 Å². The predicted octanol–water partition coefficient (Wildman–Crippen LogP) is 5.90. The van der Waals surface area contributed by atoms with Crippen LogP contribution in [0.25, 0.3) is 6.08 Å². The number of carbonyl (C=O) groups is 4. The molecule has 1 N–H and O–H groups in total. The number of methoxy groups -OCH3 is 1. The third-order valence-electron chi connectivity index (χ3n) is 5.25.